The zero-order valence-electron chi connectivity index (χ0n) is 8.98. The third-order valence-corrected chi connectivity index (χ3v) is 2.48. The van der Waals surface area contributed by atoms with Crippen molar-refractivity contribution < 1.29 is 9.59 Å². The summed E-state index contributed by atoms with van der Waals surface area (Å²) in [6.07, 6.45) is 1.27. The Bertz CT molecular complexity index is 596. The first kappa shape index (κ1) is 12.1. The first-order chi connectivity index (χ1) is 8.58. The molecule has 0 aliphatic carbocycles. The van der Waals surface area contributed by atoms with Crippen molar-refractivity contribution in [2.24, 2.45) is 5.73 Å². The summed E-state index contributed by atoms with van der Waals surface area (Å²) in [5, 5.41) is 12.2. The van der Waals surface area contributed by atoms with E-state index in [4.69, 9.17) is 17.3 Å². The molecule has 0 aliphatic rings. The normalized spacial score (nSPS) is 10.1. The average Bonchev–Trinajstić information content (AvgIpc) is 2.85. The lowest BCUT2D eigenvalue weighted by atomic mass is 10.2. The number of nitrogens with two attached hydrogens (primary N) is 1. The van der Waals surface area contributed by atoms with Gasteiger partial charge in [-0.2, -0.15) is 15.4 Å². The highest BCUT2D eigenvalue weighted by atomic mass is 35.5. The van der Waals surface area contributed by atoms with Crippen LogP contribution in [0.4, 0.5) is 5.69 Å². The Morgan fingerprint density at radius 3 is 2.78 bits per heavy atom. The maximum Gasteiger partial charge on any atom is 0.277 e. The summed E-state index contributed by atoms with van der Waals surface area (Å²) in [5.74, 6) is -1.10. The Kier molecular flexibility index (Phi) is 3.24. The summed E-state index contributed by atoms with van der Waals surface area (Å²) in [4.78, 5) is 22.7. The number of anilines is 1. The minimum atomic E-state index is -0.608. The van der Waals surface area contributed by atoms with Gasteiger partial charge in [0.05, 0.1) is 16.9 Å². The van der Waals surface area contributed by atoms with Gasteiger partial charge in [-0.05, 0) is 18.2 Å². The highest BCUT2D eigenvalue weighted by Crippen LogP contribution is 2.23. The Hall–Kier alpha value is -2.41. The van der Waals surface area contributed by atoms with Crippen LogP contribution in [0.3, 0.4) is 0 Å². The summed E-state index contributed by atoms with van der Waals surface area (Å²) in [7, 11) is 0. The molecule has 0 aliphatic heterocycles. The van der Waals surface area contributed by atoms with Gasteiger partial charge in [-0.25, -0.2) is 0 Å². The van der Waals surface area contributed by atoms with Gasteiger partial charge >= 0.3 is 0 Å². The highest BCUT2D eigenvalue weighted by molar-refractivity contribution is 6.34. The number of primary amides is 1. The number of carbonyl (C=O) groups is 2. The number of nitrogens with one attached hydrogen (secondary N) is 2. The van der Waals surface area contributed by atoms with Crippen molar-refractivity contribution in [2.45, 2.75) is 0 Å². The van der Waals surface area contributed by atoms with Gasteiger partial charge in [0, 0.05) is 5.56 Å². The van der Waals surface area contributed by atoms with Crippen molar-refractivity contribution in [3.8, 4) is 0 Å². The molecule has 8 heteroatoms. The van der Waals surface area contributed by atoms with Crippen molar-refractivity contribution in [1.29, 1.82) is 0 Å². The van der Waals surface area contributed by atoms with E-state index in [1.54, 1.807) is 0 Å². The summed E-state index contributed by atoms with van der Waals surface area (Å²) in [6, 6.07) is 4.33. The van der Waals surface area contributed by atoms with Crippen LogP contribution in [0.15, 0.2) is 24.4 Å². The molecule has 2 amide bonds. The number of carbonyl (C=O) groups excluding carboxylic acids is 2. The van der Waals surface area contributed by atoms with E-state index in [1.165, 1.54) is 24.4 Å². The van der Waals surface area contributed by atoms with Gasteiger partial charge in [0.25, 0.3) is 5.91 Å². The number of aromatic amines is 1. The fourth-order valence-electron chi connectivity index (χ4n) is 1.27. The van der Waals surface area contributed by atoms with Crippen molar-refractivity contribution in [3.05, 3.63) is 40.7 Å². The standard InChI is InChI=1S/C10H8ClN5O2/c11-6-2-1-5(9(12)17)3-7(6)14-10(18)8-4-13-16-15-8/h1-4H,(H2,12,17)(H,14,18)(H,13,15,16). The Balaban J connectivity index is 2.26. The zero-order valence-corrected chi connectivity index (χ0v) is 9.73. The summed E-state index contributed by atoms with van der Waals surface area (Å²) < 4.78 is 0. The number of benzene rings is 1. The van der Waals surface area contributed by atoms with Crippen LogP contribution in [-0.2, 0) is 0 Å². The van der Waals surface area contributed by atoms with Crippen molar-refractivity contribution in [1.82, 2.24) is 15.4 Å². The monoisotopic (exact) mass is 265 g/mol. The number of hydrogen-bond donors (Lipinski definition) is 3. The molecule has 1 aromatic heterocycles. The van der Waals surface area contributed by atoms with Gasteiger partial charge in [0.2, 0.25) is 5.91 Å². The third kappa shape index (κ3) is 2.46. The quantitative estimate of drug-likeness (QED) is 0.762. The van der Waals surface area contributed by atoms with Crippen LogP contribution in [0.1, 0.15) is 20.8 Å². The number of halogens is 1. The lowest BCUT2D eigenvalue weighted by molar-refractivity contribution is 0.0995. The van der Waals surface area contributed by atoms with Gasteiger partial charge in [-0.3, -0.25) is 9.59 Å². The second-order valence-corrected chi connectivity index (χ2v) is 3.78. The predicted molar refractivity (Wildman–Crippen MR) is 64.3 cm³/mol. The van der Waals surface area contributed by atoms with Gasteiger partial charge in [0.1, 0.15) is 0 Å². The number of H-pyrrole nitrogens is 1. The van der Waals surface area contributed by atoms with E-state index in [0.717, 1.165) is 0 Å². The fourth-order valence-corrected chi connectivity index (χ4v) is 1.44. The SMILES string of the molecule is NC(=O)c1ccc(Cl)c(NC(=O)c2cn[nH]n2)c1. The van der Waals surface area contributed by atoms with E-state index in [1.807, 2.05) is 0 Å². The molecule has 0 spiro atoms. The summed E-state index contributed by atoms with van der Waals surface area (Å²) in [6.45, 7) is 0. The number of hydrogen-bond acceptors (Lipinski definition) is 4. The van der Waals surface area contributed by atoms with Crippen LogP contribution in [0.2, 0.25) is 5.02 Å². The molecule has 1 aromatic carbocycles. The van der Waals surface area contributed by atoms with E-state index >= 15 is 0 Å². The van der Waals surface area contributed by atoms with Crippen LogP contribution in [0, 0.1) is 0 Å². The lowest BCUT2D eigenvalue weighted by Crippen LogP contribution is -2.15. The van der Waals surface area contributed by atoms with Crippen LogP contribution in [0.25, 0.3) is 0 Å². The molecule has 7 nitrogen and oxygen atoms in total. The predicted octanol–water partition coefficient (Wildman–Crippen LogP) is 0.809. The molecule has 0 unspecified atom stereocenters. The largest absolute Gasteiger partial charge is 0.366 e. The molecule has 1 heterocycles. The van der Waals surface area contributed by atoms with Gasteiger partial charge in [-0.1, -0.05) is 11.6 Å². The minimum Gasteiger partial charge on any atom is -0.366 e. The molecule has 0 saturated carbocycles. The van der Waals surface area contributed by atoms with Gasteiger partial charge < -0.3 is 11.1 Å². The van der Waals surface area contributed by atoms with Gasteiger partial charge in [-0.15, -0.1) is 0 Å². The van der Waals surface area contributed by atoms with Crippen LogP contribution < -0.4 is 11.1 Å². The molecule has 0 radical (unpaired) electrons. The zero-order chi connectivity index (χ0) is 13.1. The molecule has 0 saturated heterocycles. The van der Waals surface area contributed by atoms with Crippen molar-refractivity contribution in [2.75, 3.05) is 5.32 Å². The van der Waals surface area contributed by atoms with E-state index in [9.17, 15) is 9.59 Å². The average molecular weight is 266 g/mol. The van der Waals surface area contributed by atoms with Crippen LogP contribution in [0.5, 0.6) is 0 Å². The molecular weight excluding hydrogens is 258 g/mol. The maximum absolute atomic E-state index is 11.7. The Morgan fingerprint density at radius 1 is 1.39 bits per heavy atom. The molecule has 4 N–H and O–H groups in total. The molecule has 0 atom stereocenters. The van der Waals surface area contributed by atoms with Gasteiger partial charge in [0.15, 0.2) is 5.69 Å². The minimum absolute atomic E-state index is 0.107. The Morgan fingerprint density at radius 2 is 2.17 bits per heavy atom. The maximum atomic E-state index is 11.7. The van der Waals surface area contributed by atoms with Crippen LogP contribution >= 0.6 is 11.6 Å². The summed E-state index contributed by atoms with van der Waals surface area (Å²) >= 11 is 5.90. The smallest absolute Gasteiger partial charge is 0.277 e. The second-order valence-electron chi connectivity index (χ2n) is 3.37. The lowest BCUT2D eigenvalue weighted by Gasteiger charge is -2.06. The molecule has 0 fully saturated rings. The van der Waals surface area contributed by atoms with Crippen molar-refractivity contribution >= 4 is 29.1 Å². The van der Waals surface area contributed by atoms with E-state index in [-0.39, 0.29) is 22.0 Å². The molecule has 0 bridgehead atoms. The topological polar surface area (TPSA) is 114 Å². The fraction of sp³-hybridized carbons (Fsp3) is 0. The first-order valence-electron chi connectivity index (χ1n) is 4.84. The van der Waals surface area contributed by atoms with Crippen LogP contribution in [-0.4, -0.2) is 27.2 Å². The molecular formula is C10H8ClN5O2. The number of rotatable bonds is 3. The first-order valence-corrected chi connectivity index (χ1v) is 5.22. The molecule has 92 valence electrons. The number of amides is 2. The Labute approximate surface area is 106 Å². The highest BCUT2D eigenvalue weighted by Gasteiger charge is 2.12. The number of aromatic nitrogens is 3. The van der Waals surface area contributed by atoms with Crippen molar-refractivity contribution in [3.63, 3.8) is 0 Å². The molecule has 2 rings (SSSR count). The van der Waals surface area contributed by atoms with E-state index in [2.05, 4.69) is 20.7 Å². The molecule has 2 aromatic rings. The molecule has 18 heavy (non-hydrogen) atoms. The van der Waals surface area contributed by atoms with E-state index in [0.29, 0.717) is 0 Å². The third-order valence-electron chi connectivity index (χ3n) is 2.15. The van der Waals surface area contributed by atoms with E-state index < -0.39 is 11.8 Å². The second kappa shape index (κ2) is 4.84. The number of nitrogens with zero attached hydrogens (tertiary/aromatic N) is 2. The summed E-state index contributed by atoms with van der Waals surface area (Å²) in [5.41, 5.74) is 5.77.